The topological polar surface area (TPSA) is 224 Å². The van der Waals surface area contributed by atoms with Gasteiger partial charge in [-0.25, -0.2) is 0 Å². The Hall–Kier alpha value is -13.2. The lowest BCUT2D eigenvalue weighted by molar-refractivity contribution is -0.142. The molecule has 0 aliphatic carbocycles. The molecule has 0 aliphatic heterocycles. The van der Waals surface area contributed by atoms with Crippen molar-refractivity contribution in [3.8, 4) is 122 Å². The molecular formula is C71H29F6N11. The number of halogens is 6. The van der Waals surface area contributed by atoms with Crippen LogP contribution in [0.1, 0.15) is 61.2 Å². The molecule has 2 aromatic heterocycles. The maximum atomic E-state index is 15.4. The van der Waals surface area contributed by atoms with Crippen molar-refractivity contribution in [2.75, 3.05) is 0 Å². The van der Waals surface area contributed by atoms with Crippen molar-refractivity contribution < 1.29 is 26.3 Å². The van der Waals surface area contributed by atoms with E-state index in [4.69, 9.17) is 0 Å². The summed E-state index contributed by atoms with van der Waals surface area (Å²) in [5.41, 5.74) is 0.615. The molecule has 12 aromatic rings. The van der Waals surface area contributed by atoms with Crippen molar-refractivity contribution in [1.29, 1.82) is 47.4 Å². The summed E-state index contributed by atoms with van der Waals surface area (Å²) in [4.78, 5) is 0. The van der Waals surface area contributed by atoms with Crippen molar-refractivity contribution in [3.63, 3.8) is 0 Å². The lowest BCUT2D eigenvalue weighted by Crippen LogP contribution is -2.15. The first-order valence-corrected chi connectivity index (χ1v) is 26.3. The van der Waals surface area contributed by atoms with Crippen molar-refractivity contribution in [1.82, 2.24) is 9.13 Å². The molecule has 0 unspecified atom stereocenters. The van der Waals surface area contributed by atoms with Gasteiger partial charge < -0.3 is 9.13 Å². The zero-order valence-corrected chi connectivity index (χ0v) is 44.9. The third-order valence-electron chi connectivity index (χ3n) is 15.5. The number of nitriles is 9. The van der Waals surface area contributed by atoms with Crippen LogP contribution in [0.3, 0.4) is 0 Å². The van der Waals surface area contributed by atoms with E-state index >= 15 is 26.3 Å². The van der Waals surface area contributed by atoms with Gasteiger partial charge in [0, 0.05) is 32.7 Å². The van der Waals surface area contributed by atoms with Crippen molar-refractivity contribution in [2.24, 2.45) is 0 Å². The van der Waals surface area contributed by atoms with Crippen LogP contribution in [0, 0.1) is 102 Å². The summed E-state index contributed by atoms with van der Waals surface area (Å²) >= 11 is 0. The van der Waals surface area contributed by atoms with Crippen LogP contribution in [0.25, 0.3) is 111 Å². The highest BCUT2D eigenvalue weighted by atomic mass is 19.4. The molecule has 88 heavy (non-hydrogen) atoms. The zero-order chi connectivity index (χ0) is 61.9. The summed E-state index contributed by atoms with van der Waals surface area (Å²) < 4.78 is 95.8. The monoisotopic (exact) mass is 1150 g/mol. The molecule has 10 aromatic carbocycles. The minimum atomic E-state index is -5.38. The molecule has 0 bridgehead atoms. The molecule has 0 N–H and O–H groups in total. The van der Waals surface area contributed by atoms with Gasteiger partial charge in [0.15, 0.2) is 0 Å². The fraction of sp³-hybridized carbons (Fsp3) is 0.0282. The Balaban J connectivity index is 1.26. The van der Waals surface area contributed by atoms with Crippen LogP contribution in [-0.4, -0.2) is 9.13 Å². The van der Waals surface area contributed by atoms with Crippen LogP contribution in [0.5, 0.6) is 0 Å². The number of benzene rings is 10. The van der Waals surface area contributed by atoms with Gasteiger partial charge in [-0.2, -0.15) is 73.7 Å². The molecule has 0 amide bonds. The van der Waals surface area contributed by atoms with Gasteiger partial charge in [-0.1, -0.05) is 54.6 Å². The van der Waals surface area contributed by atoms with E-state index in [9.17, 15) is 47.4 Å². The van der Waals surface area contributed by atoms with Gasteiger partial charge in [0.05, 0.1) is 149 Å². The van der Waals surface area contributed by atoms with Gasteiger partial charge in [0.1, 0.15) is 0 Å². The van der Waals surface area contributed by atoms with Crippen LogP contribution in [0.15, 0.2) is 176 Å². The molecule has 0 saturated carbocycles. The van der Waals surface area contributed by atoms with E-state index in [0.717, 1.165) is 6.07 Å². The van der Waals surface area contributed by atoms with Crippen LogP contribution in [0.2, 0.25) is 0 Å². The van der Waals surface area contributed by atoms with Gasteiger partial charge >= 0.3 is 12.4 Å². The molecule has 0 spiro atoms. The molecule has 410 valence electrons. The first-order chi connectivity index (χ1) is 42.5. The van der Waals surface area contributed by atoms with E-state index in [-0.39, 0.29) is 55.9 Å². The predicted molar refractivity (Wildman–Crippen MR) is 315 cm³/mol. The van der Waals surface area contributed by atoms with Crippen molar-refractivity contribution in [2.45, 2.75) is 12.4 Å². The SMILES string of the molecule is N#Cc1ccc(-c2ccc3c(c2)c2cc(-c4ccc(C#N)cc4C#N)ccc2n3-c2cc(C#N)c(-c3c(C(F)(F)F)cccc3C(F)(F)F)cc2-n2c3ccc(-c4ccc(C#N)cc4C#N)cc3c3cc(-c4ccc(C#N)cc4C#N)ccc32)c(C#N)c1. The van der Waals surface area contributed by atoms with Gasteiger partial charge in [-0.05, 0) is 166 Å². The first kappa shape index (κ1) is 55.3. The molecule has 17 heteroatoms. The fourth-order valence-corrected chi connectivity index (χ4v) is 11.6. The van der Waals surface area contributed by atoms with Gasteiger partial charge in [-0.3, -0.25) is 0 Å². The van der Waals surface area contributed by atoms with E-state index in [1.807, 2.05) is 30.3 Å². The number of hydrogen-bond acceptors (Lipinski definition) is 9. The standard InChI is InChI=1S/C71H29F6N11/c72-70(73,74)61-2-1-3-62(71(75,76)77)69(61)56-29-68(88-65-18-10-45(54-14-6-41(32-80)22-49(54)36-84)26-59(65)60-27-46(11-19-66(60)88)55-15-7-42(33-81)23-50(55)37-85)67(28-51(56)38-86)87-63-16-8-43(52-12-4-39(30-78)20-47(52)34-82)24-57(63)58-25-44(9-17-64(58)87)53-13-5-40(31-79)21-48(53)35-83/h1-29H. The molecule has 0 fully saturated rings. The third kappa shape index (κ3) is 9.12. The Kier molecular flexibility index (Phi) is 13.3. The van der Waals surface area contributed by atoms with Gasteiger partial charge in [0.25, 0.3) is 0 Å². The molecule has 2 heterocycles. The Morgan fingerprint density at radius 3 is 0.807 bits per heavy atom. The van der Waals surface area contributed by atoms with Crippen molar-refractivity contribution >= 4 is 43.6 Å². The smallest absolute Gasteiger partial charge is 0.307 e. The van der Waals surface area contributed by atoms with E-state index in [1.165, 1.54) is 42.5 Å². The highest BCUT2D eigenvalue weighted by Gasteiger charge is 2.42. The molecule has 12 rings (SSSR count). The number of fused-ring (bicyclic) bond motifs is 6. The quantitative estimate of drug-likeness (QED) is 0.138. The van der Waals surface area contributed by atoms with E-state index < -0.39 is 40.2 Å². The summed E-state index contributed by atoms with van der Waals surface area (Å²) in [6.45, 7) is 0. The zero-order valence-electron chi connectivity index (χ0n) is 44.9. The first-order valence-electron chi connectivity index (χ1n) is 26.3. The molecular weight excluding hydrogens is 1120 g/mol. The molecule has 0 atom stereocenters. The maximum absolute atomic E-state index is 15.4. The number of rotatable bonds is 7. The second kappa shape index (κ2) is 21.2. The Morgan fingerprint density at radius 1 is 0.273 bits per heavy atom. The largest absolute Gasteiger partial charge is 0.417 e. The number of aromatic nitrogens is 2. The summed E-state index contributed by atoms with van der Waals surface area (Å²) in [5, 5.41) is 93.4. The summed E-state index contributed by atoms with van der Waals surface area (Å²) in [6, 6.07) is 61.6. The van der Waals surface area contributed by atoms with Gasteiger partial charge in [-0.15, -0.1) is 0 Å². The maximum Gasteiger partial charge on any atom is 0.417 e. The normalized spacial score (nSPS) is 11.2. The Bertz CT molecular complexity index is 5200. The number of nitrogens with zero attached hydrogens (tertiary/aromatic N) is 11. The second-order valence-corrected chi connectivity index (χ2v) is 20.3. The van der Waals surface area contributed by atoms with Gasteiger partial charge in [0.2, 0.25) is 0 Å². The minimum Gasteiger partial charge on any atom is -0.307 e. The van der Waals surface area contributed by atoms with Crippen LogP contribution >= 0.6 is 0 Å². The van der Waals surface area contributed by atoms with E-state index in [2.05, 4.69) is 24.3 Å². The van der Waals surface area contributed by atoms with Crippen LogP contribution < -0.4 is 0 Å². The highest BCUT2D eigenvalue weighted by Crippen LogP contribution is 2.49. The van der Waals surface area contributed by atoms with E-state index in [1.54, 1.807) is 118 Å². The van der Waals surface area contributed by atoms with Crippen LogP contribution in [-0.2, 0) is 12.4 Å². The third-order valence-corrected chi connectivity index (χ3v) is 15.5. The van der Waals surface area contributed by atoms with Crippen LogP contribution in [0.4, 0.5) is 26.3 Å². The number of hydrogen-bond donors (Lipinski definition) is 0. The Morgan fingerprint density at radius 2 is 0.545 bits per heavy atom. The average Bonchev–Trinajstić information content (AvgIpc) is 1.53. The van der Waals surface area contributed by atoms with E-state index in [0.29, 0.717) is 106 Å². The lowest BCUT2D eigenvalue weighted by Gasteiger charge is -2.23. The molecule has 0 saturated heterocycles. The van der Waals surface area contributed by atoms with Crippen molar-refractivity contribution in [3.05, 3.63) is 237 Å². The minimum absolute atomic E-state index is 0.0450. The number of alkyl halides is 6. The summed E-state index contributed by atoms with van der Waals surface area (Å²) in [7, 11) is 0. The summed E-state index contributed by atoms with van der Waals surface area (Å²) in [5.74, 6) is 0. The fourth-order valence-electron chi connectivity index (χ4n) is 11.6. The molecule has 0 aliphatic rings. The Labute approximate surface area is 495 Å². The second-order valence-electron chi connectivity index (χ2n) is 20.3. The average molecular weight is 1150 g/mol. The summed E-state index contributed by atoms with van der Waals surface area (Å²) in [6.07, 6.45) is -10.8. The lowest BCUT2D eigenvalue weighted by atomic mass is 9.89. The predicted octanol–water partition coefficient (Wildman–Crippen LogP) is 17.1. The molecule has 11 nitrogen and oxygen atoms in total. The molecule has 0 radical (unpaired) electrons. The highest BCUT2D eigenvalue weighted by molar-refractivity contribution is 6.14.